The second-order valence-electron chi connectivity index (χ2n) is 5.55. The molecule has 2 rings (SSSR count). The lowest BCUT2D eigenvalue weighted by Gasteiger charge is -2.21. The minimum atomic E-state index is -0.310. The number of likely N-dealkylation sites (N-methyl/N-ethyl adjacent to an activating group) is 1. The lowest BCUT2D eigenvalue weighted by Crippen LogP contribution is -2.34. The average Bonchev–Trinajstić information content (AvgIpc) is 3.03. The van der Waals surface area contributed by atoms with Crippen molar-refractivity contribution < 1.29 is 13.7 Å². The van der Waals surface area contributed by atoms with E-state index in [1.807, 2.05) is 13.8 Å². The summed E-state index contributed by atoms with van der Waals surface area (Å²) >= 11 is 0. The molecule has 0 N–H and O–H groups in total. The van der Waals surface area contributed by atoms with Crippen LogP contribution < -0.4 is 0 Å². The van der Waals surface area contributed by atoms with E-state index in [1.165, 1.54) is 12.1 Å². The molecule has 0 spiro atoms. The first kappa shape index (κ1) is 17.1. The molecule has 6 heteroatoms. The molecule has 0 aliphatic rings. The van der Waals surface area contributed by atoms with E-state index >= 15 is 0 Å². The van der Waals surface area contributed by atoms with Gasteiger partial charge in [-0.1, -0.05) is 19.0 Å². The van der Waals surface area contributed by atoms with E-state index in [0.717, 1.165) is 12.8 Å². The number of aromatic nitrogens is 2. The maximum absolute atomic E-state index is 12.9. The van der Waals surface area contributed by atoms with Crippen molar-refractivity contribution in [3.05, 3.63) is 35.9 Å². The molecule has 0 atom stereocenters. The van der Waals surface area contributed by atoms with Crippen molar-refractivity contribution in [1.82, 2.24) is 15.0 Å². The van der Waals surface area contributed by atoms with E-state index in [0.29, 0.717) is 30.2 Å². The smallest absolute Gasteiger partial charge is 0.257 e. The minimum Gasteiger partial charge on any atom is -0.345 e. The number of carbonyl (C=O) groups is 1. The average molecular weight is 319 g/mol. The van der Waals surface area contributed by atoms with Gasteiger partial charge in [0.1, 0.15) is 5.82 Å². The van der Waals surface area contributed by atoms with Gasteiger partial charge in [0, 0.05) is 31.5 Å². The predicted molar refractivity (Wildman–Crippen MR) is 85.1 cm³/mol. The third kappa shape index (κ3) is 4.37. The largest absolute Gasteiger partial charge is 0.345 e. The Hall–Kier alpha value is -2.24. The van der Waals surface area contributed by atoms with Gasteiger partial charge in [-0.3, -0.25) is 4.79 Å². The highest BCUT2D eigenvalue weighted by molar-refractivity contribution is 5.78. The molecule has 0 saturated heterocycles. The number of nitrogens with zero attached hydrogens (tertiary/aromatic N) is 3. The van der Waals surface area contributed by atoms with E-state index < -0.39 is 0 Å². The number of amides is 1. The number of hydrogen-bond donors (Lipinski definition) is 0. The Morgan fingerprint density at radius 3 is 2.52 bits per heavy atom. The Labute approximate surface area is 135 Å². The molecule has 2 aromatic rings. The minimum absolute atomic E-state index is 0.0695. The van der Waals surface area contributed by atoms with Gasteiger partial charge in [0.25, 0.3) is 5.89 Å². The number of halogens is 1. The summed E-state index contributed by atoms with van der Waals surface area (Å²) in [6.07, 6.45) is 2.21. The van der Waals surface area contributed by atoms with Crippen LogP contribution in [0.15, 0.2) is 28.8 Å². The topological polar surface area (TPSA) is 59.2 Å². The Morgan fingerprint density at radius 1 is 1.26 bits per heavy atom. The van der Waals surface area contributed by atoms with Crippen molar-refractivity contribution in [2.24, 2.45) is 5.92 Å². The van der Waals surface area contributed by atoms with Crippen LogP contribution in [0.1, 0.15) is 32.5 Å². The van der Waals surface area contributed by atoms with Crippen LogP contribution in [0.5, 0.6) is 0 Å². The predicted octanol–water partition coefficient (Wildman–Crippen LogP) is 3.31. The number of hydrogen-bond acceptors (Lipinski definition) is 4. The molecule has 0 aliphatic carbocycles. The highest BCUT2D eigenvalue weighted by Gasteiger charge is 2.19. The van der Waals surface area contributed by atoms with Gasteiger partial charge in [-0.25, -0.2) is 4.39 Å². The van der Waals surface area contributed by atoms with Crippen molar-refractivity contribution in [2.45, 2.75) is 33.1 Å². The fraction of sp³-hybridized carbons (Fsp3) is 0.471. The molecule has 0 fully saturated rings. The van der Waals surface area contributed by atoms with Crippen LogP contribution in [0.2, 0.25) is 0 Å². The Balaban J connectivity index is 1.94. The molecular formula is C17H22FN3O2. The quantitative estimate of drug-likeness (QED) is 0.785. The molecule has 23 heavy (non-hydrogen) atoms. The second kappa shape index (κ2) is 7.85. The van der Waals surface area contributed by atoms with Gasteiger partial charge in [0.05, 0.1) is 0 Å². The molecular weight excluding hydrogens is 297 g/mol. The summed E-state index contributed by atoms with van der Waals surface area (Å²) in [4.78, 5) is 18.2. The van der Waals surface area contributed by atoms with Crippen LogP contribution in [-0.4, -0.2) is 34.5 Å². The fourth-order valence-electron chi connectivity index (χ4n) is 2.39. The maximum Gasteiger partial charge on any atom is 0.257 e. The molecule has 1 amide bonds. The van der Waals surface area contributed by atoms with Gasteiger partial charge in [0.15, 0.2) is 5.82 Å². The summed E-state index contributed by atoms with van der Waals surface area (Å²) in [6, 6.07) is 5.88. The standard InChI is InChI=1S/C17H22FN3O2/c1-4-12(5-2)17(22)21(3)11-10-15-19-16(23-20-15)13-6-8-14(18)9-7-13/h6-9,12H,4-5,10-11H2,1-3H3. The maximum atomic E-state index is 12.9. The molecule has 0 radical (unpaired) electrons. The van der Waals surface area contributed by atoms with Gasteiger partial charge >= 0.3 is 0 Å². The zero-order chi connectivity index (χ0) is 16.8. The Morgan fingerprint density at radius 2 is 1.91 bits per heavy atom. The van der Waals surface area contributed by atoms with E-state index in [9.17, 15) is 9.18 Å². The number of benzene rings is 1. The molecule has 0 aliphatic heterocycles. The Kier molecular flexibility index (Phi) is 5.84. The zero-order valence-electron chi connectivity index (χ0n) is 13.8. The molecule has 0 bridgehead atoms. The third-order valence-electron chi connectivity index (χ3n) is 3.94. The highest BCUT2D eigenvalue weighted by Crippen LogP contribution is 2.17. The van der Waals surface area contributed by atoms with E-state index in [1.54, 1.807) is 24.1 Å². The summed E-state index contributed by atoms with van der Waals surface area (Å²) in [5.41, 5.74) is 0.673. The Bertz CT molecular complexity index is 636. The number of rotatable bonds is 7. The normalized spacial score (nSPS) is 11.0. The number of carbonyl (C=O) groups excluding carboxylic acids is 1. The summed E-state index contributed by atoms with van der Waals surface area (Å²) in [5.74, 6) is 0.801. The van der Waals surface area contributed by atoms with Crippen LogP contribution in [0.4, 0.5) is 4.39 Å². The van der Waals surface area contributed by atoms with Crippen molar-refractivity contribution in [3.8, 4) is 11.5 Å². The van der Waals surface area contributed by atoms with Crippen LogP contribution in [0.3, 0.4) is 0 Å². The van der Waals surface area contributed by atoms with Gasteiger partial charge in [-0.15, -0.1) is 0 Å². The SMILES string of the molecule is CCC(CC)C(=O)N(C)CCc1noc(-c2ccc(F)cc2)n1. The van der Waals surface area contributed by atoms with Gasteiger partial charge in [0.2, 0.25) is 5.91 Å². The molecule has 0 unspecified atom stereocenters. The first-order valence-corrected chi connectivity index (χ1v) is 7.88. The van der Waals surface area contributed by atoms with Crippen molar-refractivity contribution in [3.63, 3.8) is 0 Å². The van der Waals surface area contributed by atoms with Gasteiger partial charge in [-0.05, 0) is 37.1 Å². The third-order valence-corrected chi connectivity index (χ3v) is 3.94. The van der Waals surface area contributed by atoms with Gasteiger partial charge in [-0.2, -0.15) is 4.98 Å². The molecule has 5 nitrogen and oxygen atoms in total. The summed E-state index contributed by atoms with van der Waals surface area (Å²) in [6.45, 7) is 4.58. The molecule has 124 valence electrons. The monoisotopic (exact) mass is 319 g/mol. The first-order chi connectivity index (χ1) is 11.0. The van der Waals surface area contributed by atoms with Crippen LogP contribution in [0, 0.1) is 11.7 Å². The summed E-state index contributed by atoms with van der Waals surface area (Å²) < 4.78 is 18.1. The molecule has 0 saturated carbocycles. The van der Waals surface area contributed by atoms with Gasteiger partial charge < -0.3 is 9.42 Å². The summed E-state index contributed by atoms with van der Waals surface area (Å²) in [7, 11) is 1.79. The molecule has 1 aromatic heterocycles. The molecule has 1 heterocycles. The fourth-order valence-corrected chi connectivity index (χ4v) is 2.39. The van der Waals surface area contributed by atoms with Crippen molar-refractivity contribution >= 4 is 5.91 Å². The lowest BCUT2D eigenvalue weighted by molar-refractivity contribution is -0.134. The van der Waals surface area contributed by atoms with Crippen molar-refractivity contribution in [2.75, 3.05) is 13.6 Å². The van der Waals surface area contributed by atoms with Crippen LogP contribution in [0.25, 0.3) is 11.5 Å². The van der Waals surface area contributed by atoms with E-state index in [4.69, 9.17) is 4.52 Å². The lowest BCUT2D eigenvalue weighted by atomic mass is 10.0. The second-order valence-corrected chi connectivity index (χ2v) is 5.55. The van der Waals surface area contributed by atoms with E-state index in [2.05, 4.69) is 10.1 Å². The summed E-state index contributed by atoms with van der Waals surface area (Å²) in [5, 5.41) is 3.91. The highest BCUT2D eigenvalue weighted by atomic mass is 19.1. The van der Waals surface area contributed by atoms with Crippen molar-refractivity contribution in [1.29, 1.82) is 0 Å². The first-order valence-electron chi connectivity index (χ1n) is 7.88. The zero-order valence-corrected chi connectivity index (χ0v) is 13.8. The van der Waals surface area contributed by atoms with Crippen LogP contribution >= 0.6 is 0 Å². The molecule has 1 aromatic carbocycles. The van der Waals surface area contributed by atoms with E-state index in [-0.39, 0.29) is 17.6 Å². The van der Waals surface area contributed by atoms with Crippen LogP contribution in [-0.2, 0) is 11.2 Å².